The minimum absolute atomic E-state index is 0.00674. The summed E-state index contributed by atoms with van der Waals surface area (Å²) in [5.74, 6) is -0.690. The summed E-state index contributed by atoms with van der Waals surface area (Å²) >= 11 is 0. The molecule has 1 aromatic carbocycles. The van der Waals surface area contributed by atoms with Crippen LogP contribution < -0.4 is 4.72 Å². The molecule has 1 aromatic rings. The number of hydrogen-bond donors (Lipinski definition) is 1. The van der Waals surface area contributed by atoms with Gasteiger partial charge in [-0.15, -0.1) is 0 Å². The molecule has 0 saturated carbocycles. The van der Waals surface area contributed by atoms with Gasteiger partial charge in [-0.05, 0) is 26.0 Å². The second kappa shape index (κ2) is 7.37. The molecule has 0 bridgehead atoms. The number of esters is 1. The minimum atomic E-state index is -3.77. The van der Waals surface area contributed by atoms with E-state index in [-0.39, 0.29) is 29.7 Å². The Bertz CT molecular complexity index is 554. The van der Waals surface area contributed by atoms with E-state index in [1.165, 1.54) is 19.2 Å². The highest BCUT2D eigenvalue weighted by atomic mass is 32.2. The largest absolute Gasteiger partial charge is 0.465 e. The number of methoxy groups -OCH3 is 1. The van der Waals surface area contributed by atoms with Gasteiger partial charge in [0.1, 0.15) is 0 Å². The Morgan fingerprint density at radius 2 is 1.95 bits per heavy atom. The zero-order valence-corrected chi connectivity index (χ0v) is 12.6. The summed E-state index contributed by atoms with van der Waals surface area (Å²) in [7, 11) is -2.57. The number of carbonyl (C=O) groups excluding carboxylic acids is 1. The van der Waals surface area contributed by atoms with Crippen molar-refractivity contribution in [2.45, 2.75) is 24.8 Å². The maximum Gasteiger partial charge on any atom is 0.339 e. The summed E-state index contributed by atoms with van der Waals surface area (Å²) in [5.41, 5.74) is 0.00674. The van der Waals surface area contributed by atoms with Gasteiger partial charge in [-0.25, -0.2) is 17.9 Å². The van der Waals surface area contributed by atoms with Gasteiger partial charge in [0.25, 0.3) is 0 Å². The van der Waals surface area contributed by atoms with E-state index in [9.17, 15) is 13.2 Å². The van der Waals surface area contributed by atoms with Crippen molar-refractivity contribution in [1.29, 1.82) is 0 Å². The molecule has 1 rings (SSSR count). The lowest BCUT2D eigenvalue weighted by molar-refractivity contribution is 0.0596. The molecule has 0 aliphatic rings. The zero-order chi connectivity index (χ0) is 15.2. The first kappa shape index (κ1) is 16.6. The standard InChI is InChI=1S/C13H19NO5S/c1-10(2)19-9-8-14-20(16,17)12-7-5-4-6-11(12)13(15)18-3/h4-7,10,14H,8-9H2,1-3H3. The van der Waals surface area contributed by atoms with Crippen molar-refractivity contribution in [2.75, 3.05) is 20.3 Å². The van der Waals surface area contributed by atoms with Crippen molar-refractivity contribution in [3.8, 4) is 0 Å². The smallest absolute Gasteiger partial charge is 0.339 e. The molecule has 0 atom stereocenters. The van der Waals surface area contributed by atoms with E-state index in [2.05, 4.69) is 9.46 Å². The number of rotatable bonds is 7. The topological polar surface area (TPSA) is 81.7 Å². The Labute approximate surface area is 119 Å². The highest BCUT2D eigenvalue weighted by molar-refractivity contribution is 7.89. The van der Waals surface area contributed by atoms with Gasteiger partial charge in [0, 0.05) is 6.54 Å². The molecule has 0 radical (unpaired) electrons. The van der Waals surface area contributed by atoms with Gasteiger partial charge in [-0.1, -0.05) is 12.1 Å². The van der Waals surface area contributed by atoms with Gasteiger partial charge in [0.15, 0.2) is 0 Å². The van der Waals surface area contributed by atoms with Crippen LogP contribution in [0.15, 0.2) is 29.2 Å². The van der Waals surface area contributed by atoms with E-state index < -0.39 is 16.0 Å². The Balaban J connectivity index is 2.85. The third-order valence-corrected chi connectivity index (χ3v) is 3.95. The molecule has 0 spiro atoms. The van der Waals surface area contributed by atoms with Crippen LogP contribution in [0.4, 0.5) is 0 Å². The predicted octanol–water partition coefficient (Wildman–Crippen LogP) is 1.18. The molecule has 0 aliphatic carbocycles. The van der Waals surface area contributed by atoms with E-state index in [1.807, 2.05) is 13.8 Å². The summed E-state index contributed by atoms with van der Waals surface area (Å²) in [6.45, 7) is 4.12. The number of carbonyl (C=O) groups is 1. The first-order valence-electron chi connectivity index (χ1n) is 6.17. The average Bonchev–Trinajstić information content (AvgIpc) is 2.42. The number of ether oxygens (including phenoxy) is 2. The maximum atomic E-state index is 12.1. The number of hydrogen-bond acceptors (Lipinski definition) is 5. The third-order valence-electron chi connectivity index (χ3n) is 2.43. The van der Waals surface area contributed by atoms with Gasteiger partial charge in [-0.3, -0.25) is 0 Å². The predicted molar refractivity (Wildman–Crippen MR) is 74.1 cm³/mol. The van der Waals surface area contributed by atoms with Crippen molar-refractivity contribution in [2.24, 2.45) is 0 Å². The molecule has 0 heterocycles. The lowest BCUT2D eigenvalue weighted by atomic mass is 10.2. The molecule has 0 unspecified atom stereocenters. The molecule has 0 saturated heterocycles. The molecule has 20 heavy (non-hydrogen) atoms. The van der Waals surface area contributed by atoms with Gasteiger partial charge in [-0.2, -0.15) is 0 Å². The molecule has 0 aliphatic heterocycles. The molecule has 0 amide bonds. The second-order valence-corrected chi connectivity index (χ2v) is 6.04. The Hall–Kier alpha value is -1.44. The van der Waals surface area contributed by atoms with Crippen molar-refractivity contribution in [1.82, 2.24) is 4.72 Å². The Kier molecular flexibility index (Phi) is 6.12. The van der Waals surface area contributed by atoms with E-state index in [0.717, 1.165) is 0 Å². The molecule has 112 valence electrons. The molecule has 0 fully saturated rings. The average molecular weight is 301 g/mol. The van der Waals surface area contributed by atoms with E-state index >= 15 is 0 Å². The van der Waals surface area contributed by atoms with Gasteiger partial charge < -0.3 is 9.47 Å². The van der Waals surface area contributed by atoms with Crippen LogP contribution in [-0.4, -0.2) is 40.8 Å². The van der Waals surface area contributed by atoms with Gasteiger partial charge in [0.05, 0.1) is 30.3 Å². The van der Waals surface area contributed by atoms with E-state index in [4.69, 9.17) is 4.74 Å². The van der Waals surface area contributed by atoms with Gasteiger partial charge >= 0.3 is 5.97 Å². The fraction of sp³-hybridized carbons (Fsp3) is 0.462. The van der Waals surface area contributed by atoms with Crippen LogP contribution in [0.5, 0.6) is 0 Å². The Morgan fingerprint density at radius 3 is 2.55 bits per heavy atom. The molecule has 7 heteroatoms. The molecule has 6 nitrogen and oxygen atoms in total. The summed E-state index contributed by atoms with van der Waals surface area (Å²) < 4.78 is 36.5. The first-order chi connectivity index (χ1) is 9.38. The van der Waals surface area contributed by atoms with Crippen LogP contribution >= 0.6 is 0 Å². The monoisotopic (exact) mass is 301 g/mol. The molecule has 0 aromatic heterocycles. The fourth-order valence-electron chi connectivity index (χ4n) is 1.53. The normalized spacial score (nSPS) is 11.6. The number of benzene rings is 1. The quantitative estimate of drug-likeness (QED) is 0.604. The van der Waals surface area contributed by atoms with E-state index in [1.54, 1.807) is 12.1 Å². The van der Waals surface area contributed by atoms with Crippen LogP contribution in [0, 0.1) is 0 Å². The lowest BCUT2D eigenvalue weighted by Gasteiger charge is -2.11. The van der Waals surface area contributed by atoms with Crippen molar-refractivity contribution in [3.05, 3.63) is 29.8 Å². The zero-order valence-electron chi connectivity index (χ0n) is 11.8. The summed E-state index contributed by atoms with van der Waals surface area (Å²) in [4.78, 5) is 11.5. The SMILES string of the molecule is COC(=O)c1ccccc1S(=O)(=O)NCCOC(C)C. The molecular weight excluding hydrogens is 282 g/mol. The summed E-state index contributed by atoms with van der Waals surface area (Å²) in [5, 5.41) is 0. The lowest BCUT2D eigenvalue weighted by Crippen LogP contribution is -2.29. The summed E-state index contributed by atoms with van der Waals surface area (Å²) in [6.07, 6.45) is 0.0295. The van der Waals surface area contributed by atoms with Crippen LogP contribution in [0.25, 0.3) is 0 Å². The fourth-order valence-corrected chi connectivity index (χ4v) is 2.73. The maximum absolute atomic E-state index is 12.1. The third kappa shape index (κ3) is 4.59. The van der Waals surface area contributed by atoms with Crippen LogP contribution in [-0.2, 0) is 19.5 Å². The number of nitrogens with one attached hydrogen (secondary N) is 1. The summed E-state index contributed by atoms with van der Waals surface area (Å²) in [6, 6.07) is 5.89. The number of sulfonamides is 1. The van der Waals surface area contributed by atoms with Crippen LogP contribution in [0.3, 0.4) is 0 Å². The van der Waals surface area contributed by atoms with Gasteiger partial charge in [0.2, 0.25) is 10.0 Å². The van der Waals surface area contributed by atoms with Crippen LogP contribution in [0.1, 0.15) is 24.2 Å². The minimum Gasteiger partial charge on any atom is -0.465 e. The molecular formula is C13H19NO5S. The molecule has 1 N–H and O–H groups in total. The highest BCUT2D eigenvalue weighted by Crippen LogP contribution is 2.15. The second-order valence-electron chi connectivity index (χ2n) is 4.31. The van der Waals surface area contributed by atoms with Crippen molar-refractivity contribution < 1.29 is 22.7 Å². The van der Waals surface area contributed by atoms with E-state index in [0.29, 0.717) is 0 Å². The highest BCUT2D eigenvalue weighted by Gasteiger charge is 2.22. The van der Waals surface area contributed by atoms with Crippen molar-refractivity contribution in [3.63, 3.8) is 0 Å². The van der Waals surface area contributed by atoms with Crippen molar-refractivity contribution >= 4 is 16.0 Å². The van der Waals surface area contributed by atoms with Crippen LogP contribution in [0.2, 0.25) is 0 Å². The first-order valence-corrected chi connectivity index (χ1v) is 7.65. The Morgan fingerprint density at radius 1 is 1.30 bits per heavy atom.